The number of hydrogen-bond donors (Lipinski definition) is 1. The Morgan fingerprint density at radius 3 is 2.41 bits per heavy atom. The highest BCUT2D eigenvalue weighted by Crippen LogP contribution is 2.36. The van der Waals surface area contributed by atoms with Gasteiger partial charge in [-0.1, -0.05) is 40.2 Å². The van der Waals surface area contributed by atoms with Crippen molar-refractivity contribution in [3.8, 4) is 11.5 Å². The smallest absolute Gasteiger partial charge is 0.343 e. The van der Waals surface area contributed by atoms with Gasteiger partial charge >= 0.3 is 5.97 Å². The molecule has 3 aromatic carbocycles. The Hall–Kier alpha value is -3.10. The van der Waals surface area contributed by atoms with Gasteiger partial charge in [0.25, 0.3) is 10.0 Å². The summed E-state index contributed by atoms with van der Waals surface area (Å²) in [7, 11) is -3.79. The second-order valence-electron chi connectivity index (χ2n) is 6.15. The Bertz CT molecular complexity index is 1220. The van der Waals surface area contributed by atoms with Crippen molar-refractivity contribution < 1.29 is 22.7 Å². The lowest BCUT2D eigenvalue weighted by Gasteiger charge is -2.20. The average molecular weight is 472 g/mol. The molecule has 6 nitrogen and oxygen atoms in total. The third kappa shape index (κ3) is 4.49. The van der Waals surface area contributed by atoms with Gasteiger partial charge < -0.3 is 9.47 Å². The molecule has 29 heavy (non-hydrogen) atoms. The number of carbonyl (C=O) groups is 1. The predicted octanol–water partition coefficient (Wildman–Crippen LogP) is 5.15. The van der Waals surface area contributed by atoms with Crippen molar-refractivity contribution in [3.63, 3.8) is 0 Å². The monoisotopic (exact) mass is 471 g/mol. The molecule has 0 saturated carbocycles. The van der Waals surface area contributed by atoms with Crippen LogP contribution in [-0.2, 0) is 14.8 Å². The molecule has 1 N–H and O–H groups in total. The van der Waals surface area contributed by atoms with E-state index in [4.69, 9.17) is 9.47 Å². The van der Waals surface area contributed by atoms with Gasteiger partial charge in [0.2, 0.25) is 0 Å². The minimum atomic E-state index is -3.79. The standard InChI is InChI=1S/C21H14BrNO5S/c22-15-7-4-8-16(11-15)27-17-9-10-19-18(12-17)20(13-29(25,26)23-19)28-21(24)14-5-2-1-3-6-14/h1-13,23H. The van der Waals surface area contributed by atoms with E-state index >= 15 is 0 Å². The summed E-state index contributed by atoms with van der Waals surface area (Å²) < 4.78 is 38.8. The molecule has 0 atom stereocenters. The van der Waals surface area contributed by atoms with Gasteiger partial charge in [0.15, 0.2) is 5.76 Å². The lowest BCUT2D eigenvalue weighted by molar-refractivity contribution is 0.0692. The highest BCUT2D eigenvalue weighted by atomic mass is 79.9. The van der Waals surface area contributed by atoms with E-state index in [1.165, 1.54) is 0 Å². The Labute approximate surface area is 176 Å². The minimum absolute atomic E-state index is 0.0766. The lowest BCUT2D eigenvalue weighted by atomic mass is 10.1. The predicted molar refractivity (Wildman–Crippen MR) is 113 cm³/mol. The molecule has 1 aliphatic heterocycles. The maximum Gasteiger partial charge on any atom is 0.343 e. The van der Waals surface area contributed by atoms with Crippen molar-refractivity contribution in [1.82, 2.24) is 0 Å². The van der Waals surface area contributed by atoms with E-state index < -0.39 is 16.0 Å². The van der Waals surface area contributed by atoms with Gasteiger partial charge in [-0.3, -0.25) is 4.72 Å². The maximum atomic E-state index is 12.4. The van der Waals surface area contributed by atoms with E-state index in [1.54, 1.807) is 60.7 Å². The van der Waals surface area contributed by atoms with E-state index in [-0.39, 0.29) is 5.76 Å². The number of ether oxygens (including phenoxy) is 2. The molecule has 146 valence electrons. The van der Waals surface area contributed by atoms with Crippen molar-refractivity contribution in [3.05, 3.63) is 93.8 Å². The number of halogens is 1. The van der Waals surface area contributed by atoms with Gasteiger partial charge in [-0.2, -0.15) is 0 Å². The van der Waals surface area contributed by atoms with E-state index in [2.05, 4.69) is 20.7 Å². The van der Waals surface area contributed by atoms with Crippen molar-refractivity contribution in [2.45, 2.75) is 0 Å². The van der Waals surface area contributed by atoms with E-state index in [1.807, 2.05) is 12.1 Å². The van der Waals surface area contributed by atoms with Crippen LogP contribution < -0.4 is 9.46 Å². The second-order valence-corrected chi connectivity index (χ2v) is 8.60. The van der Waals surface area contributed by atoms with Crippen LogP contribution in [0.1, 0.15) is 15.9 Å². The van der Waals surface area contributed by atoms with Gasteiger partial charge in [-0.15, -0.1) is 0 Å². The first-order chi connectivity index (χ1) is 13.9. The van der Waals surface area contributed by atoms with Gasteiger partial charge in [0, 0.05) is 10.0 Å². The van der Waals surface area contributed by atoms with Crippen molar-refractivity contribution in [1.29, 1.82) is 0 Å². The molecule has 4 rings (SSSR count). The number of hydrogen-bond acceptors (Lipinski definition) is 5. The van der Waals surface area contributed by atoms with Crippen LogP contribution in [0.4, 0.5) is 5.69 Å². The molecular formula is C21H14BrNO5S. The summed E-state index contributed by atoms with van der Waals surface area (Å²) >= 11 is 3.38. The number of esters is 1. The van der Waals surface area contributed by atoms with Crippen LogP contribution in [0.25, 0.3) is 5.76 Å². The molecule has 1 heterocycles. The van der Waals surface area contributed by atoms with Crippen LogP contribution in [-0.4, -0.2) is 14.4 Å². The number of benzene rings is 3. The van der Waals surface area contributed by atoms with Crippen molar-refractivity contribution in [2.24, 2.45) is 0 Å². The molecule has 0 spiro atoms. The van der Waals surface area contributed by atoms with Gasteiger partial charge in [-0.25, -0.2) is 13.2 Å². The molecule has 8 heteroatoms. The highest BCUT2D eigenvalue weighted by molar-refractivity contribution is 9.10. The zero-order valence-electron chi connectivity index (χ0n) is 14.8. The molecule has 0 aliphatic carbocycles. The second kappa shape index (κ2) is 7.73. The molecule has 0 bridgehead atoms. The first-order valence-electron chi connectivity index (χ1n) is 8.49. The largest absolute Gasteiger partial charge is 0.457 e. The fourth-order valence-corrected chi connectivity index (χ4v) is 4.12. The number of nitrogens with one attached hydrogen (secondary N) is 1. The van der Waals surface area contributed by atoms with E-state index in [0.717, 1.165) is 9.88 Å². The summed E-state index contributed by atoms with van der Waals surface area (Å²) in [4.78, 5) is 12.4. The Balaban J connectivity index is 1.67. The number of rotatable bonds is 4. The first-order valence-corrected chi connectivity index (χ1v) is 10.8. The molecule has 0 aromatic heterocycles. The number of carbonyl (C=O) groups excluding carboxylic acids is 1. The van der Waals surface area contributed by atoms with Crippen LogP contribution in [0.15, 0.2) is 82.7 Å². The van der Waals surface area contributed by atoms with Crippen molar-refractivity contribution in [2.75, 3.05) is 4.72 Å². The molecule has 0 unspecified atom stereocenters. The maximum absolute atomic E-state index is 12.4. The topological polar surface area (TPSA) is 81.7 Å². The minimum Gasteiger partial charge on any atom is -0.457 e. The summed E-state index contributed by atoms with van der Waals surface area (Å²) in [5.74, 6) is 0.331. The average Bonchev–Trinajstić information content (AvgIpc) is 2.68. The van der Waals surface area contributed by atoms with Crippen LogP contribution in [0.5, 0.6) is 11.5 Å². The SMILES string of the molecule is O=C(OC1=CS(=O)(=O)Nc2ccc(Oc3cccc(Br)c3)cc21)c1ccccc1. The molecule has 0 saturated heterocycles. The van der Waals surface area contributed by atoms with Crippen molar-refractivity contribution >= 4 is 43.4 Å². The third-order valence-electron chi connectivity index (χ3n) is 4.01. The van der Waals surface area contributed by atoms with E-state index in [0.29, 0.717) is 28.3 Å². The van der Waals surface area contributed by atoms with Crippen LogP contribution in [0.3, 0.4) is 0 Å². The zero-order valence-corrected chi connectivity index (χ0v) is 17.2. The molecule has 3 aromatic rings. The zero-order chi connectivity index (χ0) is 20.4. The Kier molecular flexibility index (Phi) is 5.12. The van der Waals surface area contributed by atoms with Crippen LogP contribution in [0, 0.1) is 0 Å². The summed E-state index contributed by atoms with van der Waals surface area (Å²) in [5, 5.41) is 0.888. The first kappa shape index (κ1) is 19.2. The summed E-state index contributed by atoms with van der Waals surface area (Å²) in [6, 6.07) is 20.4. The molecule has 0 amide bonds. The summed E-state index contributed by atoms with van der Waals surface area (Å²) in [5.41, 5.74) is 1.01. The quantitative estimate of drug-likeness (QED) is 0.531. The number of fused-ring (bicyclic) bond motifs is 1. The lowest BCUT2D eigenvalue weighted by Crippen LogP contribution is -2.18. The van der Waals surface area contributed by atoms with Gasteiger partial charge in [0.1, 0.15) is 11.5 Å². The fraction of sp³-hybridized carbons (Fsp3) is 0. The molecule has 0 fully saturated rings. The normalized spacial score (nSPS) is 14.2. The Morgan fingerprint density at radius 1 is 0.897 bits per heavy atom. The number of sulfonamides is 1. The van der Waals surface area contributed by atoms with Crippen LogP contribution >= 0.6 is 15.9 Å². The van der Waals surface area contributed by atoms with Gasteiger partial charge in [0.05, 0.1) is 16.7 Å². The number of anilines is 1. The van der Waals surface area contributed by atoms with E-state index in [9.17, 15) is 13.2 Å². The van der Waals surface area contributed by atoms with Crippen LogP contribution in [0.2, 0.25) is 0 Å². The fourth-order valence-electron chi connectivity index (χ4n) is 2.75. The molecule has 1 aliphatic rings. The molecular weight excluding hydrogens is 458 g/mol. The van der Waals surface area contributed by atoms with Gasteiger partial charge in [-0.05, 0) is 48.5 Å². The third-order valence-corrected chi connectivity index (χ3v) is 5.54. The highest BCUT2D eigenvalue weighted by Gasteiger charge is 2.25. The summed E-state index contributed by atoms with van der Waals surface area (Å²) in [6.07, 6.45) is 0. The Morgan fingerprint density at radius 2 is 1.66 bits per heavy atom. The summed E-state index contributed by atoms with van der Waals surface area (Å²) in [6.45, 7) is 0. The molecule has 0 radical (unpaired) electrons.